The Kier molecular flexibility index (Phi) is 3.81. The van der Waals surface area contributed by atoms with Gasteiger partial charge in [0.25, 0.3) is 0 Å². The van der Waals surface area contributed by atoms with Gasteiger partial charge in [-0.15, -0.1) is 0 Å². The first-order chi connectivity index (χ1) is 8.20. The highest BCUT2D eigenvalue weighted by Gasteiger charge is 2.06. The molecule has 0 aliphatic rings. The lowest BCUT2D eigenvalue weighted by Gasteiger charge is -2.06. The molecule has 0 fully saturated rings. The minimum atomic E-state index is -0.360. The highest BCUT2D eigenvalue weighted by molar-refractivity contribution is 9.10. The lowest BCUT2D eigenvalue weighted by molar-refractivity contribution is 0.267. The summed E-state index contributed by atoms with van der Waals surface area (Å²) in [5, 5.41) is 0. The van der Waals surface area contributed by atoms with E-state index < -0.39 is 0 Å². The standard InChI is InChI=1S/C12H11BrFNO2/c13-10-2-1-9(5-11(10)14)17-7-12-8(6-15)3-4-16-12/h1-5H,6-7,15H2. The molecule has 0 aliphatic carbocycles. The van der Waals surface area contributed by atoms with Crippen molar-refractivity contribution in [2.45, 2.75) is 13.2 Å². The third-order valence-electron chi connectivity index (χ3n) is 2.32. The van der Waals surface area contributed by atoms with Crippen LogP contribution in [0.25, 0.3) is 0 Å². The molecule has 0 aliphatic heterocycles. The van der Waals surface area contributed by atoms with Gasteiger partial charge < -0.3 is 14.9 Å². The second kappa shape index (κ2) is 5.33. The second-order valence-electron chi connectivity index (χ2n) is 3.44. The van der Waals surface area contributed by atoms with E-state index in [1.807, 2.05) is 0 Å². The molecule has 0 saturated carbocycles. The molecule has 2 rings (SSSR count). The molecule has 0 amide bonds. The van der Waals surface area contributed by atoms with E-state index in [1.54, 1.807) is 24.5 Å². The molecule has 0 radical (unpaired) electrons. The molecule has 2 N–H and O–H groups in total. The molecule has 3 nitrogen and oxygen atoms in total. The van der Waals surface area contributed by atoms with Crippen molar-refractivity contribution in [1.82, 2.24) is 0 Å². The molecular formula is C12H11BrFNO2. The fraction of sp³-hybridized carbons (Fsp3) is 0.167. The summed E-state index contributed by atoms with van der Waals surface area (Å²) < 4.78 is 24.3. The van der Waals surface area contributed by atoms with Crippen molar-refractivity contribution in [3.63, 3.8) is 0 Å². The van der Waals surface area contributed by atoms with E-state index in [1.165, 1.54) is 6.07 Å². The van der Waals surface area contributed by atoms with Crippen molar-refractivity contribution >= 4 is 15.9 Å². The summed E-state index contributed by atoms with van der Waals surface area (Å²) in [5.74, 6) is 0.752. The minimum Gasteiger partial charge on any atom is -0.486 e. The van der Waals surface area contributed by atoms with Crippen LogP contribution in [0.5, 0.6) is 5.75 Å². The number of nitrogens with two attached hydrogens (primary N) is 1. The van der Waals surface area contributed by atoms with E-state index >= 15 is 0 Å². The number of furan rings is 1. The van der Waals surface area contributed by atoms with E-state index in [4.69, 9.17) is 14.9 Å². The summed E-state index contributed by atoms with van der Waals surface area (Å²) in [6.07, 6.45) is 1.56. The molecule has 1 heterocycles. The number of halogens is 2. The first-order valence-corrected chi connectivity index (χ1v) is 5.83. The zero-order valence-electron chi connectivity index (χ0n) is 8.95. The van der Waals surface area contributed by atoms with Gasteiger partial charge in [-0.2, -0.15) is 0 Å². The maximum Gasteiger partial charge on any atom is 0.146 e. The summed E-state index contributed by atoms with van der Waals surface area (Å²) in [6.45, 7) is 0.629. The van der Waals surface area contributed by atoms with Crippen LogP contribution in [0.3, 0.4) is 0 Å². The third-order valence-corrected chi connectivity index (χ3v) is 2.96. The van der Waals surface area contributed by atoms with Gasteiger partial charge in [-0.3, -0.25) is 0 Å². The largest absolute Gasteiger partial charge is 0.486 e. The molecule has 90 valence electrons. The Bertz CT molecular complexity index is 513. The van der Waals surface area contributed by atoms with Crippen molar-refractivity contribution in [3.8, 4) is 5.75 Å². The first kappa shape index (κ1) is 12.1. The molecular weight excluding hydrogens is 289 g/mol. The average Bonchev–Trinajstić information content (AvgIpc) is 2.78. The molecule has 2 aromatic rings. The van der Waals surface area contributed by atoms with Crippen LogP contribution in [0, 0.1) is 5.82 Å². The molecule has 0 unspecified atom stereocenters. The van der Waals surface area contributed by atoms with Crippen LogP contribution in [0.4, 0.5) is 4.39 Å². The molecule has 0 saturated heterocycles. The molecule has 0 spiro atoms. The van der Waals surface area contributed by atoms with Gasteiger partial charge in [0.05, 0.1) is 10.7 Å². The Labute approximate surface area is 106 Å². The smallest absolute Gasteiger partial charge is 0.146 e. The van der Waals surface area contributed by atoms with Crippen LogP contribution in [0.15, 0.2) is 39.4 Å². The maximum atomic E-state index is 13.2. The van der Waals surface area contributed by atoms with Crippen molar-refractivity contribution < 1.29 is 13.5 Å². The highest BCUT2D eigenvalue weighted by atomic mass is 79.9. The molecule has 5 heteroatoms. The summed E-state index contributed by atoms with van der Waals surface area (Å²) in [4.78, 5) is 0. The normalized spacial score (nSPS) is 10.5. The average molecular weight is 300 g/mol. The Balaban J connectivity index is 2.05. The Morgan fingerprint density at radius 1 is 1.35 bits per heavy atom. The first-order valence-electron chi connectivity index (χ1n) is 5.04. The van der Waals surface area contributed by atoms with Crippen LogP contribution in [0.2, 0.25) is 0 Å². The van der Waals surface area contributed by atoms with Gasteiger partial charge in [0.15, 0.2) is 0 Å². The fourth-order valence-electron chi connectivity index (χ4n) is 1.39. The van der Waals surface area contributed by atoms with Gasteiger partial charge in [-0.1, -0.05) is 0 Å². The van der Waals surface area contributed by atoms with E-state index in [0.717, 1.165) is 5.56 Å². The number of hydrogen-bond acceptors (Lipinski definition) is 3. The number of ether oxygens (including phenoxy) is 1. The van der Waals surface area contributed by atoms with Gasteiger partial charge in [0.1, 0.15) is 23.9 Å². The van der Waals surface area contributed by atoms with E-state index in [0.29, 0.717) is 22.5 Å². The Hall–Kier alpha value is -1.33. The molecule has 0 bridgehead atoms. The Morgan fingerprint density at radius 3 is 2.88 bits per heavy atom. The fourth-order valence-corrected chi connectivity index (χ4v) is 1.64. The Morgan fingerprint density at radius 2 is 2.18 bits per heavy atom. The van der Waals surface area contributed by atoms with Crippen LogP contribution >= 0.6 is 15.9 Å². The lowest BCUT2D eigenvalue weighted by atomic mass is 10.2. The summed E-state index contributed by atoms with van der Waals surface area (Å²) in [7, 11) is 0. The van der Waals surface area contributed by atoms with Crippen molar-refractivity contribution in [1.29, 1.82) is 0 Å². The molecule has 0 atom stereocenters. The lowest BCUT2D eigenvalue weighted by Crippen LogP contribution is -2.02. The molecule has 17 heavy (non-hydrogen) atoms. The van der Waals surface area contributed by atoms with Crippen molar-refractivity contribution in [2.75, 3.05) is 0 Å². The predicted molar refractivity (Wildman–Crippen MR) is 65.0 cm³/mol. The number of hydrogen-bond donors (Lipinski definition) is 1. The van der Waals surface area contributed by atoms with Gasteiger partial charge in [0.2, 0.25) is 0 Å². The van der Waals surface area contributed by atoms with Crippen LogP contribution in [-0.4, -0.2) is 0 Å². The summed E-state index contributed by atoms with van der Waals surface area (Å²) in [5.41, 5.74) is 6.42. The summed E-state index contributed by atoms with van der Waals surface area (Å²) in [6, 6.07) is 6.38. The number of rotatable bonds is 4. The van der Waals surface area contributed by atoms with E-state index in [-0.39, 0.29) is 12.4 Å². The van der Waals surface area contributed by atoms with Crippen LogP contribution in [-0.2, 0) is 13.2 Å². The van der Waals surface area contributed by atoms with E-state index in [9.17, 15) is 4.39 Å². The number of benzene rings is 1. The van der Waals surface area contributed by atoms with Crippen LogP contribution < -0.4 is 10.5 Å². The van der Waals surface area contributed by atoms with Gasteiger partial charge in [0, 0.05) is 18.2 Å². The predicted octanol–water partition coefficient (Wildman–Crippen LogP) is 3.22. The SMILES string of the molecule is NCc1ccoc1COc1ccc(Br)c(F)c1. The highest BCUT2D eigenvalue weighted by Crippen LogP contribution is 2.22. The molecule has 1 aromatic carbocycles. The maximum absolute atomic E-state index is 13.2. The molecule has 1 aromatic heterocycles. The van der Waals surface area contributed by atoms with Crippen molar-refractivity contribution in [2.24, 2.45) is 5.73 Å². The van der Waals surface area contributed by atoms with Gasteiger partial charge >= 0.3 is 0 Å². The van der Waals surface area contributed by atoms with Crippen molar-refractivity contribution in [3.05, 3.63) is 52.1 Å². The second-order valence-corrected chi connectivity index (χ2v) is 4.29. The monoisotopic (exact) mass is 299 g/mol. The van der Waals surface area contributed by atoms with Gasteiger partial charge in [-0.25, -0.2) is 4.39 Å². The summed E-state index contributed by atoms with van der Waals surface area (Å²) >= 11 is 3.08. The minimum absolute atomic E-state index is 0.237. The van der Waals surface area contributed by atoms with E-state index in [2.05, 4.69) is 15.9 Å². The topological polar surface area (TPSA) is 48.4 Å². The quantitative estimate of drug-likeness (QED) is 0.943. The zero-order valence-corrected chi connectivity index (χ0v) is 10.5. The van der Waals surface area contributed by atoms with Crippen LogP contribution in [0.1, 0.15) is 11.3 Å². The van der Waals surface area contributed by atoms with Gasteiger partial charge in [-0.05, 0) is 34.1 Å². The third kappa shape index (κ3) is 2.87. The zero-order chi connectivity index (χ0) is 12.3.